The van der Waals surface area contributed by atoms with E-state index in [1.54, 1.807) is 23.1 Å². The van der Waals surface area contributed by atoms with E-state index in [2.05, 4.69) is 4.90 Å². The van der Waals surface area contributed by atoms with Crippen LogP contribution in [0.2, 0.25) is 0 Å². The van der Waals surface area contributed by atoms with E-state index < -0.39 is 17.7 Å². The zero-order valence-corrected chi connectivity index (χ0v) is 18.8. The van der Waals surface area contributed by atoms with Crippen LogP contribution in [0, 0.1) is 0 Å². The Bertz CT molecular complexity index is 1050. The second-order valence-corrected chi connectivity index (χ2v) is 7.92. The first kappa shape index (κ1) is 22.8. The molecule has 0 aromatic heterocycles. The highest BCUT2D eigenvalue weighted by Crippen LogP contribution is 2.41. The Labute approximate surface area is 193 Å². The Morgan fingerprint density at radius 1 is 1.03 bits per heavy atom. The SMILES string of the molecule is COc1ccc(C(O)=C2C(=O)C(=O)N(CCN3CCOCC3)C2c2ccccc2)c(OC)c1. The smallest absolute Gasteiger partial charge is 0.295 e. The Kier molecular flexibility index (Phi) is 6.96. The summed E-state index contributed by atoms with van der Waals surface area (Å²) in [5.74, 6) is -0.699. The molecule has 1 atom stereocenters. The minimum absolute atomic E-state index is 0.0524. The van der Waals surface area contributed by atoms with Crippen molar-refractivity contribution in [3.05, 3.63) is 65.2 Å². The maximum Gasteiger partial charge on any atom is 0.295 e. The van der Waals surface area contributed by atoms with Gasteiger partial charge in [-0.15, -0.1) is 0 Å². The molecule has 0 saturated carbocycles. The Morgan fingerprint density at radius 3 is 2.42 bits per heavy atom. The number of hydrogen-bond donors (Lipinski definition) is 1. The topological polar surface area (TPSA) is 88.5 Å². The molecule has 174 valence electrons. The van der Waals surface area contributed by atoms with Crippen LogP contribution in [0.15, 0.2) is 54.1 Å². The van der Waals surface area contributed by atoms with Gasteiger partial charge in [0.1, 0.15) is 17.3 Å². The van der Waals surface area contributed by atoms with Crippen molar-refractivity contribution in [3.63, 3.8) is 0 Å². The number of aliphatic hydroxyl groups is 1. The number of morpholine rings is 1. The number of hydrogen-bond acceptors (Lipinski definition) is 7. The second kappa shape index (κ2) is 10.1. The number of carbonyl (C=O) groups is 2. The first-order valence-electron chi connectivity index (χ1n) is 10.9. The quantitative estimate of drug-likeness (QED) is 0.392. The number of ether oxygens (including phenoxy) is 3. The normalized spacial score (nSPS) is 20.8. The maximum absolute atomic E-state index is 13.2. The predicted molar refractivity (Wildman–Crippen MR) is 122 cm³/mol. The minimum atomic E-state index is -0.707. The van der Waals surface area contributed by atoms with Crippen LogP contribution in [-0.2, 0) is 14.3 Å². The van der Waals surface area contributed by atoms with Crippen molar-refractivity contribution in [2.45, 2.75) is 6.04 Å². The van der Waals surface area contributed by atoms with Gasteiger partial charge in [0.05, 0.1) is 44.6 Å². The molecule has 0 spiro atoms. The largest absolute Gasteiger partial charge is 0.507 e. The molecule has 0 bridgehead atoms. The average molecular weight is 453 g/mol. The van der Waals surface area contributed by atoms with Gasteiger partial charge in [0, 0.05) is 32.2 Å². The molecule has 1 N–H and O–H groups in total. The standard InChI is InChI=1S/C25H28N2O6/c1-31-18-8-9-19(20(16-18)32-2)23(28)21-22(17-6-4-3-5-7-17)27(25(30)24(21)29)11-10-26-12-14-33-15-13-26/h3-9,16,22,28H,10-15H2,1-2H3. The van der Waals surface area contributed by atoms with Gasteiger partial charge in [0.25, 0.3) is 11.7 Å². The van der Waals surface area contributed by atoms with Crippen molar-refractivity contribution >= 4 is 17.4 Å². The summed E-state index contributed by atoms with van der Waals surface area (Å²) in [7, 11) is 3.00. The zero-order chi connectivity index (χ0) is 23.4. The van der Waals surface area contributed by atoms with E-state index in [4.69, 9.17) is 14.2 Å². The van der Waals surface area contributed by atoms with Gasteiger partial charge in [-0.1, -0.05) is 30.3 Å². The molecule has 2 aromatic rings. The highest BCUT2D eigenvalue weighted by atomic mass is 16.5. The Balaban J connectivity index is 1.75. The molecule has 8 heteroatoms. The van der Waals surface area contributed by atoms with Crippen LogP contribution < -0.4 is 9.47 Å². The number of likely N-dealkylation sites (tertiary alicyclic amines) is 1. The summed E-state index contributed by atoms with van der Waals surface area (Å²) in [5.41, 5.74) is 1.13. The summed E-state index contributed by atoms with van der Waals surface area (Å²) < 4.78 is 16.1. The van der Waals surface area contributed by atoms with E-state index in [0.29, 0.717) is 43.4 Å². The second-order valence-electron chi connectivity index (χ2n) is 7.92. The lowest BCUT2D eigenvalue weighted by Crippen LogP contribution is -2.42. The highest BCUT2D eigenvalue weighted by molar-refractivity contribution is 6.46. The van der Waals surface area contributed by atoms with Crippen molar-refractivity contribution in [3.8, 4) is 11.5 Å². The van der Waals surface area contributed by atoms with Gasteiger partial charge in [-0.2, -0.15) is 0 Å². The fourth-order valence-electron chi connectivity index (χ4n) is 4.31. The molecule has 2 fully saturated rings. The molecule has 0 aliphatic carbocycles. The number of Topliss-reactive ketones (excluding diaryl/α,β-unsaturated/α-hetero) is 1. The van der Waals surface area contributed by atoms with Crippen molar-refractivity contribution in [2.24, 2.45) is 0 Å². The Morgan fingerprint density at radius 2 is 1.76 bits per heavy atom. The van der Waals surface area contributed by atoms with Crippen LogP contribution in [0.25, 0.3) is 5.76 Å². The van der Waals surface area contributed by atoms with Gasteiger partial charge in [0.2, 0.25) is 0 Å². The van der Waals surface area contributed by atoms with Gasteiger partial charge in [-0.25, -0.2) is 0 Å². The predicted octanol–water partition coefficient (Wildman–Crippen LogP) is 2.46. The van der Waals surface area contributed by atoms with Gasteiger partial charge in [-0.3, -0.25) is 14.5 Å². The number of rotatable bonds is 7. The van der Waals surface area contributed by atoms with E-state index in [9.17, 15) is 14.7 Å². The van der Waals surface area contributed by atoms with Gasteiger partial charge >= 0.3 is 0 Å². The third-order valence-corrected chi connectivity index (χ3v) is 6.08. The first-order chi connectivity index (χ1) is 16.0. The zero-order valence-electron chi connectivity index (χ0n) is 18.8. The fraction of sp³-hybridized carbons (Fsp3) is 0.360. The Hall–Kier alpha value is -3.36. The average Bonchev–Trinajstić information content (AvgIpc) is 3.12. The number of ketones is 1. The van der Waals surface area contributed by atoms with Crippen molar-refractivity contribution in [1.29, 1.82) is 0 Å². The lowest BCUT2D eigenvalue weighted by molar-refractivity contribution is -0.140. The molecular weight excluding hydrogens is 424 g/mol. The molecule has 1 amide bonds. The molecule has 1 unspecified atom stereocenters. The summed E-state index contributed by atoms with van der Waals surface area (Å²) in [5, 5.41) is 11.3. The lowest BCUT2D eigenvalue weighted by Gasteiger charge is -2.31. The van der Waals surface area contributed by atoms with Crippen LogP contribution in [0.3, 0.4) is 0 Å². The number of methoxy groups -OCH3 is 2. The molecule has 0 radical (unpaired) electrons. The van der Waals surface area contributed by atoms with Crippen molar-refractivity contribution < 1.29 is 28.9 Å². The summed E-state index contributed by atoms with van der Waals surface area (Å²) in [6.07, 6.45) is 0. The summed E-state index contributed by atoms with van der Waals surface area (Å²) in [6, 6.07) is 13.5. The molecule has 2 aliphatic rings. The third-order valence-electron chi connectivity index (χ3n) is 6.08. The summed E-state index contributed by atoms with van der Waals surface area (Å²) in [4.78, 5) is 30.0. The molecule has 2 aliphatic heterocycles. The van der Waals surface area contributed by atoms with Crippen LogP contribution >= 0.6 is 0 Å². The van der Waals surface area contributed by atoms with Crippen LogP contribution in [0.4, 0.5) is 0 Å². The van der Waals surface area contributed by atoms with Gasteiger partial charge in [0.15, 0.2) is 0 Å². The van der Waals surface area contributed by atoms with Crippen molar-refractivity contribution in [2.75, 3.05) is 53.6 Å². The van der Waals surface area contributed by atoms with Crippen LogP contribution in [0.1, 0.15) is 17.2 Å². The van der Waals surface area contributed by atoms with E-state index in [1.807, 2.05) is 30.3 Å². The van der Waals surface area contributed by atoms with Gasteiger partial charge in [-0.05, 0) is 17.7 Å². The number of amides is 1. The lowest BCUT2D eigenvalue weighted by atomic mass is 9.95. The molecule has 2 heterocycles. The molecule has 33 heavy (non-hydrogen) atoms. The summed E-state index contributed by atoms with van der Waals surface area (Å²) >= 11 is 0. The van der Waals surface area contributed by atoms with Crippen LogP contribution in [-0.4, -0.2) is 80.2 Å². The fourth-order valence-corrected chi connectivity index (χ4v) is 4.31. The van der Waals surface area contributed by atoms with Gasteiger partial charge < -0.3 is 24.2 Å². The number of nitrogens with zero attached hydrogens (tertiary/aromatic N) is 2. The third kappa shape index (κ3) is 4.58. The first-order valence-corrected chi connectivity index (χ1v) is 10.9. The molecule has 2 saturated heterocycles. The van der Waals surface area contributed by atoms with E-state index in [1.165, 1.54) is 14.2 Å². The molecule has 8 nitrogen and oxygen atoms in total. The molecule has 4 rings (SSSR count). The molecular formula is C25H28N2O6. The number of aliphatic hydroxyl groups excluding tert-OH is 1. The molecule has 2 aromatic carbocycles. The monoisotopic (exact) mass is 452 g/mol. The van der Waals surface area contributed by atoms with E-state index in [-0.39, 0.29) is 11.3 Å². The maximum atomic E-state index is 13.2. The minimum Gasteiger partial charge on any atom is -0.507 e. The van der Waals surface area contributed by atoms with E-state index >= 15 is 0 Å². The number of benzene rings is 2. The van der Waals surface area contributed by atoms with Crippen molar-refractivity contribution in [1.82, 2.24) is 9.80 Å². The number of carbonyl (C=O) groups excluding carboxylic acids is 2. The van der Waals surface area contributed by atoms with E-state index in [0.717, 1.165) is 18.7 Å². The highest BCUT2D eigenvalue weighted by Gasteiger charge is 2.46. The van der Waals surface area contributed by atoms with Crippen LogP contribution in [0.5, 0.6) is 11.5 Å². The summed E-state index contributed by atoms with van der Waals surface area (Å²) in [6.45, 7) is 3.84.